The van der Waals surface area contributed by atoms with E-state index in [2.05, 4.69) is 15.4 Å². The maximum absolute atomic E-state index is 13.2. The fraction of sp³-hybridized carbons (Fsp3) is 0.381. The van der Waals surface area contributed by atoms with E-state index in [9.17, 15) is 9.59 Å². The molecule has 9 heteroatoms. The number of halogens is 1. The summed E-state index contributed by atoms with van der Waals surface area (Å²) in [6.45, 7) is 4.37. The third kappa shape index (κ3) is 3.40. The van der Waals surface area contributed by atoms with E-state index in [1.165, 1.54) is 0 Å². The average molecular weight is 461 g/mol. The number of nitrogens with zero attached hydrogens (tertiary/aromatic N) is 3. The minimum Gasteiger partial charge on any atom is -0.367 e. The van der Waals surface area contributed by atoms with Gasteiger partial charge in [0.25, 0.3) is 5.91 Å². The molecule has 2 unspecified atom stereocenters. The molecule has 1 fully saturated rings. The molecule has 1 amide bonds. The Hall–Kier alpha value is -2.03. The Morgan fingerprint density at radius 3 is 2.70 bits per heavy atom. The van der Waals surface area contributed by atoms with Crippen LogP contribution in [0.15, 0.2) is 39.6 Å². The summed E-state index contributed by atoms with van der Waals surface area (Å²) < 4.78 is 1.16. The number of Topliss-reactive ketones (excluding diaryl/α,β-unsaturated/α-hetero) is 1. The van der Waals surface area contributed by atoms with Gasteiger partial charge in [0.1, 0.15) is 5.71 Å². The highest BCUT2D eigenvalue weighted by Gasteiger charge is 2.43. The van der Waals surface area contributed by atoms with Crippen LogP contribution in [0.25, 0.3) is 0 Å². The van der Waals surface area contributed by atoms with Crippen molar-refractivity contribution in [1.29, 1.82) is 0 Å². The fourth-order valence-electron chi connectivity index (χ4n) is 4.22. The molecule has 2 atom stereocenters. The minimum atomic E-state index is -0.0195. The van der Waals surface area contributed by atoms with E-state index in [1.54, 1.807) is 30.0 Å². The topological polar surface area (TPSA) is 65.0 Å². The van der Waals surface area contributed by atoms with Crippen LogP contribution < -0.4 is 10.3 Å². The van der Waals surface area contributed by atoms with Gasteiger partial charge in [-0.1, -0.05) is 23.7 Å². The van der Waals surface area contributed by atoms with E-state index < -0.39 is 0 Å². The molecule has 30 heavy (non-hydrogen) atoms. The molecule has 2 aromatic rings. The molecule has 4 heterocycles. The lowest BCUT2D eigenvalue weighted by Crippen LogP contribution is -2.51. The number of piperazine rings is 1. The zero-order valence-corrected chi connectivity index (χ0v) is 18.8. The number of benzene rings is 1. The summed E-state index contributed by atoms with van der Waals surface area (Å²) in [7, 11) is 0. The second-order valence-corrected chi connectivity index (χ2v) is 10.4. The number of hydrogen-bond donors (Lipinski definition) is 1. The van der Waals surface area contributed by atoms with Gasteiger partial charge in [-0.05, 0) is 25.1 Å². The Bertz CT molecular complexity index is 1050. The maximum atomic E-state index is 13.2. The minimum absolute atomic E-state index is 0.0138. The van der Waals surface area contributed by atoms with Gasteiger partial charge in [-0.3, -0.25) is 9.59 Å². The highest BCUT2D eigenvalue weighted by Crippen LogP contribution is 2.46. The number of thioether (sulfide) groups is 1. The van der Waals surface area contributed by atoms with E-state index in [4.69, 9.17) is 11.6 Å². The van der Waals surface area contributed by atoms with Gasteiger partial charge in [0.15, 0.2) is 5.78 Å². The van der Waals surface area contributed by atoms with Crippen molar-refractivity contribution in [3.05, 3.63) is 45.8 Å². The molecule has 6 nitrogen and oxygen atoms in total. The molecular formula is C21H21ClN4O2S2. The first-order valence-electron chi connectivity index (χ1n) is 9.92. The molecule has 0 saturated carbocycles. The Kier molecular flexibility index (Phi) is 5.24. The molecule has 0 radical (unpaired) electrons. The smallest absolute Gasteiger partial charge is 0.270 e. The van der Waals surface area contributed by atoms with Gasteiger partial charge in [-0.25, -0.2) is 0 Å². The van der Waals surface area contributed by atoms with Crippen molar-refractivity contribution in [2.24, 2.45) is 11.0 Å². The predicted octanol–water partition coefficient (Wildman–Crippen LogP) is 3.68. The van der Waals surface area contributed by atoms with Gasteiger partial charge in [0.05, 0.1) is 25.8 Å². The number of hydrazone groups is 1. The van der Waals surface area contributed by atoms with Crippen LogP contribution in [0.5, 0.6) is 0 Å². The molecular weight excluding hydrogens is 440 g/mol. The summed E-state index contributed by atoms with van der Waals surface area (Å²) in [5.74, 6) is 0.927. The van der Waals surface area contributed by atoms with Crippen LogP contribution >= 0.6 is 34.7 Å². The Balaban J connectivity index is 1.27. The van der Waals surface area contributed by atoms with Gasteiger partial charge in [0.2, 0.25) is 0 Å². The summed E-state index contributed by atoms with van der Waals surface area (Å²) >= 11 is 9.59. The quantitative estimate of drug-likeness (QED) is 0.708. The number of amides is 1. The molecule has 1 aromatic heterocycles. The van der Waals surface area contributed by atoms with Crippen molar-refractivity contribution in [2.75, 3.05) is 36.8 Å². The molecule has 1 saturated heterocycles. The zero-order valence-electron chi connectivity index (χ0n) is 16.4. The van der Waals surface area contributed by atoms with Gasteiger partial charge < -0.3 is 15.2 Å². The number of fused-ring (bicyclic) bond motifs is 3. The lowest BCUT2D eigenvalue weighted by atomic mass is 9.92. The standard InChI is InChI=1S/C21H21ClN4O2S2/c1-12(27)17-10-13-18-14(11-29-21(13)30-17)19(24-23-18)20(28)26-8-6-25(7-9-26)16-5-3-2-4-15(16)22/h2-5,10,14,18,23H,6-9,11H2,1H3. The number of hydrogen-bond acceptors (Lipinski definition) is 7. The highest BCUT2D eigenvalue weighted by molar-refractivity contribution is 8.01. The third-order valence-corrected chi connectivity index (χ3v) is 8.85. The lowest BCUT2D eigenvalue weighted by Gasteiger charge is -2.37. The number of carbonyl (C=O) groups excluding carboxylic acids is 2. The monoisotopic (exact) mass is 460 g/mol. The van der Waals surface area contributed by atoms with Crippen LogP contribution in [0.4, 0.5) is 5.69 Å². The molecule has 0 spiro atoms. The van der Waals surface area contributed by atoms with Gasteiger partial charge in [0, 0.05) is 43.4 Å². The van der Waals surface area contributed by atoms with Crippen molar-refractivity contribution in [1.82, 2.24) is 10.3 Å². The van der Waals surface area contributed by atoms with E-state index >= 15 is 0 Å². The molecule has 156 valence electrons. The lowest BCUT2D eigenvalue weighted by molar-refractivity contribution is -0.124. The number of carbonyl (C=O) groups is 2. The summed E-state index contributed by atoms with van der Waals surface area (Å²) in [4.78, 5) is 29.9. The van der Waals surface area contributed by atoms with Gasteiger partial charge >= 0.3 is 0 Å². The Labute approximate surface area is 188 Å². The van der Waals surface area contributed by atoms with E-state index in [0.717, 1.165) is 44.2 Å². The first-order chi connectivity index (χ1) is 14.5. The van der Waals surface area contributed by atoms with Gasteiger partial charge in [-0.15, -0.1) is 23.1 Å². The third-order valence-electron chi connectivity index (χ3n) is 5.86. The zero-order chi connectivity index (χ0) is 20.8. The first-order valence-corrected chi connectivity index (χ1v) is 12.1. The molecule has 0 bridgehead atoms. The van der Waals surface area contributed by atoms with Crippen molar-refractivity contribution >= 4 is 57.8 Å². The fourth-order valence-corrected chi connectivity index (χ4v) is 7.05. The number of ketones is 1. The Morgan fingerprint density at radius 1 is 1.20 bits per heavy atom. The van der Waals surface area contributed by atoms with Crippen molar-refractivity contribution in [2.45, 2.75) is 17.2 Å². The van der Waals surface area contributed by atoms with E-state index in [0.29, 0.717) is 18.8 Å². The maximum Gasteiger partial charge on any atom is 0.270 e. The molecule has 0 aliphatic carbocycles. The van der Waals surface area contributed by atoms with E-state index in [-0.39, 0.29) is 23.7 Å². The number of anilines is 1. The SMILES string of the molecule is CC(=O)c1cc2c(s1)SCC1C(C(=O)N3CCN(c4ccccc4Cl)CC3)=NNC21. The summed E-state index contributed by atoms with van der Waals surface area (Å²) in [5.41, 5.74) is 5.90. The molecule has 5 rings (SSSR count). The van der Waals surface area contributed by atoms with Crippen molar-refractivity contribution in [3.8, 4) is 0 Å². The van der Waals surface area contributed by atoms with Crippen LogP contribution in [0.2, 0.25) is 5.02 Å². The van der Waals surface area contributed by atoms with Gasteiger partial charge in [-0.2, -0.15) is 5.10 Å². The molecule has 3 aliphatic rings. The largest absolute Gasteiger partial charge is 0.367 e. The van der Waals surface area contributed by atoms with E-state index in [1.807, 2.05) is 35.2 Å². The molecule has 1 aromatic carbocycles. The number of para-hydroxylation sites is 1. The van der Waals surface area contributed by atoms with Crippen LogP contribution in [0.3, 0.4) is 0 Å². The summed E-state index contributed by atoms with van der Waals surface area (Å²) in [6.07, 6.45) is 0. The molecule has 1 N–H and O–H groups in total. The first kappa shape index (κ1) is 19.9. The normalized spacial score (nSPS) is 22.8. The Morgan fingerprint density at radius 2 is 1.97 bits per heavy atom. The summed E-state index contributed by atoms with van der Waals surface area (Å²) in [5, 5.41) is 5.18. The average Bonchev–Trinajstić information content (AvgIpc) is 3.38. The number of nitrogens with one attached hydrogen (secondary N) is 1. The number of rotatable bonds is 3. The second kappa shape index (κ2) is 7.90. The number of thiophene rings is 1. The predicted molar refractivity (Wildman–Crippen MR) is 122 cm³/mol. The van der Waals surface area contributed by atoms with Crippen LogP contribution in [-0.2, 0) is 4.79 Å². The van der Waals surface area contributed by atoms with Crippen molar-refractivity contribution in [3.63, 3.8) is 0 Å². The summed E-state index contributed by atoms with van der Waals surface area (Å²) in [6, 6.07) is 9.76. The van der Waals surface area contributed by atoms with Crippen LogP contribution in [-0.4, -0.2) is 54.2 Å². The van der Waals surface area contributed by atoms with Crippen LogP contribution in [0, 0.1) is 5.92 Å². The molecule has 3 aliphatic heterocycles. The van der Waals surface area contributed by atoms with Crippen LogP contribution in [0.1, 0.15) is 28.2 Å². The highest BCUT2D eigenvalue weighted by atomic mass is 35.5. The van der Waals surface area contributed by atoms with Crippen molar-refractivity contribution < 1.29 is 9.59 Å². The second-order valence-electron chi connectivity index (χ2n) is 7.66.